The zero-order chi connectivity index (χ0) is 14.6. The van der Waals surface area contributed by atoms with E-state index in [9.17, 15) is 4.79 Å². The molecule has 20 heavy (non-hydrogen) atoms. The van der Waals surface area contributed by atoms with Gasteiger partial charge >= 0.3 is 0 Å². The fraction of sp³-hybridized carbons (Fsp3) is 0.312. The highest BCUT2D eigenvalue weighted by Crippen LogP contribution is 2.17. The molecule has 1 aromatic carbocycles. The monoisotopic (exact) mass is 335 g/mol. The van der Waals surface area contributed by atoms with E-state index in [1.807, 2.05) is 32.0 Å². The van der Waals surface area contributed by atoms with Crippen molar-refractivity contribution >= 4 is 21.8 Å². The molecule has 0 aliphatic carbocycles. The number of nitrogens with one attached hydrogen (secondary N) is 1. The topological polar surface area (TPSA) is 42.2 Å². The predicted molar refractivity (Wildman–Crippen MR) is 82.7 cm³/mol. The minimum Gasteiger partial charge on any atom is -0.444 e. The largest absolute Gasteiger partial charge is 0.444 e. The molecule has 3 nitrogen and oxygen atoms in total. The quantitative estimate of drug-likeness (QED) is 0.890. The second-order valence-electron chi connectivity index (χ2n) is 5.43. The standard InChI is InChI=1S/C16H18BrNO2/c1-16(2,11-10-12-6-4-3-5-7-12)18-15(19)13-8-9-14(17)20-13/h3-9H,10-11H2,1-2H3,(H,18,19). The number of carbonyl (C=O) groups is 1. The molecule has 0 fully saturated rings. The van der Waals surface area contributed by atoms with E-state index in [0.29, 0.717) is 10.4 Å². The summed E-state index contributed by atoms with van der Waals surface area (Å²) in [6.07, 6.45) is 1.79. The molecule has 0 aliphatic heterocycles. The van der Waals surface area contributed by atoms with Crippen LogP contribution in [0.25, 0.3) is 0 Å². The van der Waals surface area contributed by atoms with Crippen molar-refractivity contribution < 1.29 is 9.21 Å². The molecule has 4 heteroatoms. The van der Waals surface area contributed by atoms with Gasteiger partial charge in [0.2, 0.25) is 0 Å². The van der Waals surface area contributed by atoms with E-state index in [4.69, 9.17) is 4.42 Å². The molecule has 0 radical (unpaired) electrons. The minimum atomic E-state index is -0.286. The van der Waals surface area contributed by atoms with Crippen LogP contribution in [0.2, 0.25) is 0 Å². The van der Waals surface area contributed by atoms with Crippen molar-refractivity contribution in [2.24, 2.45) is 0 Å². The Morgan fingerprint density at radius 2 is 1.90 bits per heavy atom. The molecular formula is C16H18BrNO2. The lowest BCUT2D eigenvalue weighted by molar-refractivity contribution is 0.0879. The fourth-order valence-corrected chi connectivity index (χ4v) is 2.28. The summed E-state index contributed by atoms with van der Waals surface area (Å²) in [5.74, 6) is 0.137. The van der Waals surface area contributed by atoms with Crippen LogP contribution in [0.1, 0.15) is 36.4 Å². The Morgan fingerprint density at radius 1 is 1.20 bits per heavy atom. The van der Waals surface area contributed by atoms with E-state index < -0.39 is 0 Å². The van der Waals surface area contributed by atoms with Crippen LogP contribution < -0.4 is 5.32 Å². The van der Waals surface area contributed by atoms with E-state index in [2.05, 4.69) is 33.4 Å². The average Bonchev–Trinajstić information content (AvgIpc) is 2.84. The lowest BCUT2D eigenvalue weighted by Gasteiger charge is -2.25. The van der Waals surface area contributed by atoms with Crippen LogP contribution in [0.4, 0.5) is 0 Å². The Morgan fingerprint density at radius 3 is 2.50 bits per heavy atom. The van der Waals surface area contributed by atoms with Crippen molar-refractivity contribution in [2.75, 3.05) is 0 Å². The second-order valence-corrected chi connectivity index (χ2v) is 6.21. The molecule has 0 unspecified atom stereocenters. The first-order chi connectivity index (χ1) is 9.46. The zero-order valence-electron chi connectivity index (χ0n) is 11.7. The molecule has 1 aromatic heterocycles. The molecule has 0 bridgehead atoms. The van der Waals surface area contributed by atoms with E-state index >= 15 is 0 Å². The first-order valence-electron chi connectivity index (χ1n) is 6.58. The zero-order valence-corrected chi connectivity index (χ0v) is 13.2. The Kier molecular flexibility index (Phi) is 4.65. The number of carbonyl (C=O) groups excluding carboxylic acids is 1. The van der Waals surface area contributed by atoms with E-state index in [-0.39, 0.29) is 11.4 Å². The van der Waals surface area contributed by atoms with Gasteiger partial charge in [0.1, 0.15) is 0 Å². The molecule has 1 amide bonds. The molecule has 0 aliphatic rings. The molecule has 2 rings (SSSR count). The van der Waals surface area contributed by atoms with Gasteiger partial charge in [0, 0.05) is 5.54 Å². The second kappa shape index (κ2) is 6.27. The maximum atomic E-state index is 12.1. The molecule has 1 heterocycles. The van der Waals surface area contributed by atoms with Gasteiger partial charge in [-0.3, -0.25) is 4.79 Å². The summed E-state index contributed by atoms with van der Waals surface area (Å²) in [7, 11) is 0. The van der Waals surface area contributed by atoms with Gasteiger partial charge in [-0.15, -0.1) is 0 Å². The van der Waals surface area contributed by atoms with Gasteiger partial charge in [-0.1, -0.05) is 30.3 Å². The summed E-state index contributed by atoms with van der Waals surface area (Å²) < 4.78 is 5.82. The van der Waals surface area contributed by atoms with Gasteiger partial charge in [0.05, 0.1) is 0 Å². The molecular weight excluding hydrogens is 318 g/mol. The highest BCUT2D eigenvalue weighted by atomic mass is 79.9. The summed E-state index contributed by atoms with van der Waals surface area (Å²) in [5, 5.41) is 3.00. The van der Waals surface area contributed by atoms with Gasteiger partial charge in [-0.2, -0.15) is 0 Å². The van der Waals surface area contributed by atoms with Crippen LogP contribution >= 0.6 is 15.9 Å². The third-order valence-corrected chi connectivity index (χ3v) is 3.56. The minimum absolute atomic E-state index is 0.186. The van der Waals surface area contributed by atoms with Crippen LogP contribution in [0.15, 0.2) is 51.6 Å². The molecule has 0 saturated heterocycles. The molecule has 2 aromatic rings. The molecule has 0 saturated carbocycles. The van der Waals surface area contributed by atoms with Crippen LogP contribution in [0.3, 0.4) is 0 Å². The Bertz CT molecular complexity index is 575. The lowest BCUT2D eigenvalue weighted by atomic mass is 9.95. The first-order valence-corrected chi connectivity index (χ1v) is 7.37. The van der Waals surface area contributed by atoms with Crippen molar-refractivity contribution in [1.29, 1.82) is 0 Å². The van der Waals surface area contributed by atoms with Crippen molar-refractivity contribution in [1.82, 2.24) is 5.32 Å². The summed E-state index contributed by atoms with van der Waals surface area (Å²) in [6.45, 7) is 4.04. The van der Waals surface area contributed by atoms with E-state index in [0.717, 1.165) is 12.8 Å². The number of furan rings is 1. The maximum absolute atomic E-state index is 12.1. The Labute approximate surface area is 127 Å². The number of aryl methyl sites for hydroxylation is 1. The van der Waals surface area contributed by atoms with Crippen LogP contribution in [0, 0.1) is 0 Å². The van der Waals surface area contributed by atoms with Crippen molar-refractivity contribution in [3.05, 3.63) is 58.5 Å². The smallest absolute Gasteiger partial charge is 0.287 e. The number of rotatable bonds is 5. The van der Waals surface area contributed by atoms with Crippen molar-refractivity contribution in [3.8, 4) is 0 Å². The van der Waals surface area contributed by atoms with Gasteiger partial charge in [0.25, 0.3) is 5.91 Å². The summed E-state index contributed by atoms with van der Waals surface area (Å²) in [4.78, 5) is 12.1. The molecule has 0 spiro atoms. The third kappa shape index (κ3) is 4.23. The molecule has 1 N–H and O–H groups in total. The molecule has 106 valence electrons. The summed E-state index contributed by atoms with van der Waals surface area (Å²) in [6, 6.07) is 13.6. The third-order valence-electron chi connectivity index (χ3n) is 3.13. The summed E-state index contributed by atoms with van der Waals surface area (Å²) in [5.41, 5.74) is 0.988. The first kappa shape index (κ1) is 14.9. The van der Waals surface area contributed by atoms with Gasteiger partial charge in [-0.05, 0) is 60.3 Å². The van der Waals surface area contributed by atoms with E-state index in [1.54, 1.807) is 12.1 Å². The highest BCUT2D eigenvalue weighted by Gasteiger charge is 2.22. The van der Waals surface area contributed by atoms with Crippen LogP contribution in [-0.4, -0.2) is 11.4 Å². The van der Waals surface area contributed by atoms with Gasteiger partial charge < -0.3 is 9.73 Å². The number of halogens is 1. The van der Waals surface area contributed by atoms with Crippen molar-refractivity contribution in [3.63, 3.8) is 0 Å². The Balaban J connectivity index is 1.92. The average molecular weight is 336 g/mol. The SMILES string of the molecule is CC(C)(CCc1ccccc1)NC(=O)c1ccc(Br)o1. The lowest BCUT2D eigenvalue weighted by Crippen LogP contribution is -2.43. The van der Waals surface area contributed by atoms with E-state index in [1.165, 1.54) is 5.56 Å². The fourth-order valence-electron chi connectivity index (χ4n) is 1.97. The number of amides is 1. The van der Waals surface area contributed by atoms with Crippen LogP contribution in [-0.2, 0) is 6.42 Å². The number of hydrogen-bond acceptors (Lipinski definition) is 2. The number of benzene rings is 1. The van der Waals surface area contributed by atoms with Crippen molar-refractivity contribution in [2.45, 2.75) is 32.2 Å². The predicted octanol–water partition coefficient (Wildman–Crippen LogP) is 4.18. The van der Waals surface area contributed by atoms with Gasteiger partial charge in [0.15, 0.2) is 10.4 Å². The summed E-state index contributed by atoms with van der Waals surface area (Å²) >= 11 is 3.19. The normalized spacial score (nSPS) is 11.3. The number of hydrogen-bond donors (Lipinski definition) is 1. The Hall–Kier alpha value is -1.55. The molecule has 0 atom stereocenters. The highest BCUT2D eigenvalue weighted by molar-refractivity contribution is 9.10. The van der Waals surface area contributed by atoms with Crippen LogP contribution in [0.5, 0.6) is 0 Å². The maximum Gasteiger partial charge on any atom is 0.287 e. The van der Waals surface area contributed by atoms with Gasteiger partial charge in [-0.25, -0.2) is 0 Å².